The van der Waals surface area contributed by atoms with Gasteiger partial charge in [-0.05, 0) is 50.3 Å². The molecule has 0 radical (unpaired) electrons. The summed E-state index contributed by atoms with van der Waals surface area (Å²) in [6.07, 6.45) is 3.62. The van der Waals surface area contributed by atoms with Crippen LogP contribution >= 0.6 is 0 Å². The van der Waals surface area contributed by atoms with Crippen molar-refractivity contribution in [2.45, 2.75) is 45.1 Å². The lowest BCUT2D eigenvalue weighted by atomic mass is 9.97. The summed E-state index contributed by atoms with van der Waals surface area (Å²) < 4.78 is 41.3. The smallest absolute Gasteiger partial charge is 0.281 e. The summed E-state index contributed by atoms with van der Waals surface area (Å²) in [5.41, 5.74) is 3.16. The maximum absolute atomic E-state index is 13.3. The minimum Gasteiger partial charge on any atom is -0.352 e. The number of hydrogen-bond acceptors (Lipinski definition) is 5. The molecule has 7 nitrogen and oxygen atoms in total. The van der Waals surface area contributed by atoms with E-state index in [0.717, 1.165) is 60.7 Å². The van der Waals surface area contributed by atoms with Crippen LogP contribution in [0.15, 0.2) is 24.3 Å². The average molecular weight is 448 g/mol. The Hall–Kier alpha value is -2.10. The van der Waals surface area contributed by atoms with Crippen molar-refractivity contribution in [2.24, 2.45) is 0 Å². The van der Waals surface area contributed by atoms with Crippen molar-refractivity contribution < 1.29 is 12.8 Å². The predicted molar refractivity (Wildman–Crippen MR) is 119 cm³/mol. The highest BCUT2D eigenvalue weighted by Crippen LogP contribution is 2.33. The fourth-order valence-corrected chi connectivity index (χ4v) is 5.64. The molecule has 1 atom stereocenters. The Morgan fingerprint density at radius 1 is 1.13 bits per heavy atom. The van der Waals surface area contributed by atoms with E-state index in [-0.39, 0.29) is 11.7 Å². The van der Waals surface area contributed by atoms with E-state index >= 15 is 0 Å². The molecule has 2 aliphatic rings. The maximum atomic E-state index is 13.3. The minimum atomic E-state index is -3.45. The number of aryl methyl sites for hydroxylation is 1. The normalized spacial score (nSPS) is 20.2. The van der Waals surface area contributed by atoms with Crippen LogP contribution in [0.1, 0.15) is 47.8 Å². The molecule has 0 bridgehead atoms. The first-order chi connectivity index (χ1) is 14.8. The van der Waals surface area contributed by atoms with Gasteiger partial charge in [-0.15, -0.1) is 0 Å². The van der Waals surface area contributed by atoms with Crippen LogP contribution in [0.4, 0.5) is 10.2 Å². The Morgan fingerprint density at radius 2 is 1.87 bits per heavy atom. The summed E-state index contributed by atoms with van der Waals surface area (Å²) in [6.45, 7) is 4.48. The summed E-state index contributed by atoms with van der Waals surface area (Å²) in [4.78, 5) is 12.0. The second-order valence-electron chi connectivity index (χ2n) is 8.61. The summed E-state index contributed by atoms with van der Waals surface area (Å²) >= 11 is 0. The van der Waals surface area contributed by atoms with E-state index in [4.69, 9.17) is 9.97 Å². The number of fused-ring (bicyclic) bond motifs is 1. The molecule has 0 unspecified atom stereocenters. The molecular formula is C22H30FN5O2S. The molecule has 1 fully saturated rings. The lowest BCUT2D eigenvalue weighted by Gasteiger charge is -2.35. The molecule has 0 N–H and O–H groups in total. The first-order valence-corrected chi connectivity index (χ1v) is 12.2. The molecule has 0 spiro atoms. The zero-order chi connectivity index (χ0) is 22.2. The van der Waals surface area contributed by atoms with Crippen LogP contribution < -0.4 is 4.90 Å². The van der Waals surface area contributed by atoms with Gasteiger partial charge < -0.3 is 4.90 Å². The molecule has 1 aromatic heterocycles. The fraction of sp³-hybridized carbons (Fsp3) is 0.545. The molecule has 0 amide bonds. The average Bonchev–Trinajstić information content (AvgIpc) is 2.75. The van der Waals surface area contributed by atoms with Gasteiger partial charge >= 0.3 is 0 Å². The number of benzene rings is 1. The van der Waals surface area contributed by atoms with Gasteiger partial charge in [0.15, 0.2) is 0 Å². The van der Waals surface area contributed by atoms with Crippen molar-refractivity contribution in [3.63, 3.8) is 0 Å². The van der Waals surface area contributed by atoms with Crippen LogP contribution in [0.2, 0.25) is 0 Å². The Labute approximate surface area is 184 Å². The highest BCUT2D eigenvalue weighted by atomic mass is 32.2. The third-order valence-corrected chi connectivity index (χ3v) is 8.09. The van der Waals surface area contributed by atoms with Gasteiger partial charge in [-0.1, -0.05) is 12.1 Å². The summed E-state index contributed by atoms with van der Waals surface area (Å²) in [7, 11) is -0.331. The molecule has 0 aliphatic carbocycles. The van der Waals surface area contributed by atoms with Crippen molar-refractivity contribution in [2.75, 3.05) is 38.6 Å². The predicted octanol–water partition coefficient (Wildman–Crippen LogP) is 2.86. The molecule has 1 saturated heterocycles. The SMILES string of the molecule is Cc1nc([C@H]2CCCN(S(=O)(=O)N(C)C)C2)nc2c1CCCN2Cc1ccc(F)cc1. The molecule has 2 aliphatic heterocycles. The lowest BCUT2D eigenvalue weighted by molar-refractivity contribution is 0.293. The van der Waals surface area contributed by atoms with E-state index in [9.17, 15) is 12.8 Å². The van der Waals surface area contributed by atoms with Crippen LogP contribution in [-0.2, 0) is 23.2 Å². The number of aromatic nitrogens is 2. The largest absolute Gasteiger partial charge is 0.352 e. The van der Waals surface area contributed by atoms with Crippen molar-refractivity contribution in [3.8, 4) is 0 Å². The van der Waals surface area contributed by atoms with Crippen LogP contribution in [-0.4, -0.2) is 60.7 Å². The number of piperidine rings is 1. The van der Waals surface area contributed by atoms with Crippen LogP contribution in [0, 0.1) is 12.7 Å². The lowest BCUT2D eigenvalue weighted by Crippen LogP contribution is -2.45. The van der Waals surface area contributed by atoms with Crippen LogP contribution in [0.3, 0.4) is 0 Å². The minimum absolute atomic E-state index is 0.0259. The highest BCUT2D eigenvalue weighted by molar-refractivity contribution is 7.86. The second-order valence-corrected chi connectivity index (χ2v) is 10.8. The zero-order valence-corrected chi connectivity index (χ0v) is 19.2. The van der Waals surface area contributed by atoms with E-state index < -0.39 is 10.2 Å². The fourth-order valence-electron chi connectivity index (χ4n) is 4.45. The third-order valence-electron chi connectivity index (χ3n) is 6.19. The Balaban J connectivity index is 1.62. The van der Waals surface area contributed by atoms with Gasteiger partial charge in [0.2, 0.25) is 0 Å². The quantitative estimate of drug-likeness (QED) is 0.705. The van der Waals surface area contributed by atoms with Gasteiger partial charge in [-0.3, -0.25) is 0 Å². The molecular weight excluding hydrogens is 417 g/mol. The number of nitrogens with zero attached hydrogens (tertiary/aromatic N) is 5. The van der Waals surface area contributed by atoms with Gasteiger partial charge in [-0.2, -0.15) is 17.0 Å². The van der Waals surface area contributed by atoms with Crippen molar-refractivity contribution in [1.29, 1.82) is 0 Å². The third kappa shape index (κ3) is 4.58. The maximum Gasteiger partial charge on any atom is 0.281 e. The van der Waals surface area contributed by atoms with Gasteiger partial charge in [-0.25, -0.2) is 14.4 Å². The standard InChI is InChI=1S/C22H30FN5O2S/c1-16-20-7-5-12-27(14-17-8-10-19(23)11-9-17)22(20)25-21(24-16)18-6-4-13-28(15-18)31(29,30)26(2)3/h8-11,18H,4-7,12-15H2,1-3H3/t18-/m0/s1. The van der Waals surface area contributed by atoms with Crippen LogP contribution in [0.5, 0.6) is 0 Å². The van der Waals surface area contributed by atoms with Crippen molar-refractivity contribution >= 4 is 16.0 Å². The number of halogens is 1. The van der Waals surface area contributed by atoms with Gasteiger partial charge in [0, 0.05) is 57.4 Å². The topological polar surface area (TPSA) is 69.6 Å². The van der Waals surface area contributed by atoms with E-state index in [1.165, 1.54) is 20.7 Å². The summed E-state index contributed by atoms with van der Waals surface area (Å²) in [5, 5.41) is 0. The molecule has 4 rings (SSSR count). The molecule has 3 heterocycles. The van der Waals surface area contributed by atoms with Crippen LogP contribution in [0.25, 0.3) is 0 Å². The van der Waals surface area contributed by atoms with Gasteiger partial charge in [0.25, 0.3) is 10.2 Å². The number of rotatable bonds is 5. The molecule has 1 aromatic carbocycles. The molecule has 9 heteroatoms. The van der Waals surface area contributed by atoms with Gasteiger partial charge in [0.1, 0.15) is 17.5 Å². The Bertz CT molecular complexity index is 1040. The van der Waals surface area contributed by atoms with E-state index in [0.29, 0.717) is 19.6 Å². The van der Waals surface area contributed by atoms with E-state index in [1.54, 1.807) is 14.1 Å². The summed E-state index contributed by atoms with van der Waals surface area (Å²) in [5.74, 6) is 1.39. The highest BCUT2D eigenvalue weighted by Gasteiger charge is 2.33. The summed E-state index contributed by atoms with van der Waals surface area (Å²) in [6, 6.07) is 6.59. The monoisotopic (exact) mass is 447 g/mol. The molecule has 31 heavy (non-hydrogen) atoms. The van der Waals surface area contributed by atoms with Crippen molar-refractivity contribution in [3.05, 3.63) is 52.7 Å². The Kier molecular flexibility index (Phi) is 6.27. The molecule has 2 aromatic rings. The van der Waals surface area contributed by atoms with Gasteiger partial charge in [0.05, 0.1) is 0 Å². The first-order valence-electron chi connectivity index (χ1n) is 10.8. The number of hydrogen-bond donors (Lipinski definition) is 0. The molecule has 0 saturated carbocycles. The van der Waals surface area contributed by atoms with E-state index in [2.05, 4.69) is 4.90 Å². The second kappa shape index (κ2) is 8.80. The van der Waals surface area contributed by atoms with Crippen molar-refractivity contribution in [1.82, 2.24) is 18.6 Å². The zero-order valence-electron chi connectivity index (χ0n) is 18.4. The molecule has 168 valence electrons. The Morgan fingerprint density at radius 3 is 2.58 bits per heavy atom. The van der Waals surface area contributed by atoms with E-state index in [1.807, 2.05) is 19.1 Å². The number of anilines is 1. The first kappa shape index (κ1) is 22.1.